The normalized spacial score (nSPS) is 9.53. The second kappa shape index (κ2) is 4.59. The number of aromatic nitrogens is 1. The molecule has 0 aromatic carbocycles. The third-order valence-electron chi connectivity index (χ3n) is 2.08. The summed E-state index contributed by atoms with van der Waals surface area (Å²) in [5.74, 6) is -0.432. The number of nitrogens with one attached hydrogen (secondary N) is 1. The highest BCUT2D eigenvalue weighted by Crippen LogP contribution is 2.18. The monoisotopic (exact) mass is 206 g/mol. The first kappa shape index (κ1) is 11.2. The van der Waals surface area contributed by atoms with E-state index in [0.717, 1.165) is 11.3 Å². The molecule has 0 atom stereocenters. The van der Waals surface area contributed by atoms with Crippen molar-refractivity contribution in [3.05, 3.63) is 29.6 Å². The average molecular weight is 206 g/mol. The number of hydrogen-bond acceptors (Lipinski definition) is 4. The van der Waals surface area contributed by atoms with E-state index in [0.29, 0.717) is 11.4 Å². The van der Waals surface area contributed by atoms with Crippen molar-refractivity contribution in [1.82, 2.24) is 4.98 Å². The highest BCUT2D eigenvalue weighted by Gasteiger charge is 2.13. The molecule has 0 aliphatic carbocycles. The highest BCUT2D eigenvalue weighted by atomic mass is 16.5. The second-order valence-electron chi connectivity index (χ2n) is 3.03. The quantitative estimate of drug-likeness (QED) is 0.767. The molecule has 0 spiro atoms. The lowest BCUT2D eigenvalue weighted by atomic mass is 10.1. The first-order valence-corrected chi connectivity index (χ1v) is 4.54. The summed E-state index contributed by atoms with van der Waals surface area (Å²) in [6, 6.07) is 1.84. The van der Waals surface area contributed by atoms with Gasteiger partial charge >= 0.3 is 5.97 Å². The number of anilines is 1. The van der Waals surface area contributed by atoms with E-state index in [9.17, 15) is 4.79 Å². The summed E-state index contributed by atoms with van der Waals surface area (Å²) >= 11 is 0. The molecule has 1 N–H and O–H groups in total. The minimum Gasteiger partial charge on any atom is -0.464 e. The van der Waals surface area contributed by atoms with Crippen LogP contribution in [0.25, 0.3) is 6.08 Å². The molecule has 0 amide bonds. The van der Waals surface area contributed by atoms with Crippen molar-refractivity contribution >= 4 is 17.7 Å². The maximum Gasteiger partial charge on any atom is 0.356 e. The van der Waals surface area contributed by atoms with Crippen molar-refractivity contribution in [3.63, 3.8) is 0 Å². The molecule has 0 fully saturated rings. The van der Waals surface area contributed by atoms with E-state index in [1.807, 2.05) is 13.0 Å². The number of methoxy groups -OCH3 is 1. The molecule has 80 valence electrons. The molecule has 1 aromatic heterocycles. The van der Waals surface area contributed by atoms with Crippen LogP contribution >= 0.6 is 0 Å². The van der Waals surface area contributed by atoms with Gasteiger partial charge in [-0.15, -0.1) is 0 Å². The van der Waals surface area contributed by atoms with Gasteiger partial charge in [0.25, 0.3) is 0 Å². The van der Waals surface area contributed by atoms with Gasteiger partial charge in [0.2, 0.25) is 0 Å². The Morgan fingerprint density at radius 1 is 1.67 bits per heavy atom. The molecule has 1 heterocycles. The number of carbonyl (C=O) groups is 1. The largest absolute Gasteiger partial charge is 0.464 e. The number of carbonyl (C=O) groups excluding carboxylic acids is 1. The van der Waals surface area contributed by atoms with Gasteiger partial charge in [0, 0.05) is 7.05 Å². The van der Waals surface area contributed by atoms with Crippen LogP contribution in [0, 0.1) is 6.92 Å². The van der Waals surface area contributed by atoms with Gasteiger partial charge in [-0.2, -0.15) is 0 Å². The number of rotatable bonds is 3. The maximum atomic E-state index is 11.4. The predicted molar refractivity (Wildman–Crippen MR) is 60.0 cm³/mol. The van der Waals surface area contributed by atoms with Crippen LogP contribution in [-0.2, 0) is 4.74 Å². The molecule has 0 aliphatic heterocycles. The van der Waals surface area contributed by atoms with Gasteiger partial charge in [0.15, 0.2) is 5.69 Å². The summed E-state index contributed by atoms with van der Waals surface area (Å²) < 4.78 is 4.63. The maximum absolute atomic E-state index is 11.4. The molecular formula is C11H14N2O2. The van der Waals surface area contributed by atoms with Gasteiger partial charge in [-0.05, 0) is 24.6 Å². The third-order valence-corrected chi connectivity index (χ3v) is 2.08. The Labute approximate surface area is 89.0 Å². The van der Waals surface area contributed by atoms with Crippen molar-refractivity contribution in [1.29, 1.82) is 0 Å². The lowest BCUT2D eigenvalue weighted by molar-refractivity contribution is 0.0593. The third kappa shape index (κ3) is 2.15. The summed E-state index contributed by atoms with van der Waals surface area (Å²) in [4.78, 5) is 15.5. The molecular weight excluding hydrogens is 192 g/mol. The Kier molecular flexibility index (Phi) is 3.44. The molecule has 0 unspecified atom stereocenters. The molecule has 4 nitrogen and oxygen atoms in total. The zero-order valence-corrected chi connectivity index (χ0v) is 9.13. The molecule has 1 rings (SSSR count). The van der Waals surface area contributed by atoms with Crippen molar-refractivity contribution in [2.45, 2.75) is 6.92 Å². The van der Waals surface area contributed by atoms with Gasteiger partial charge in [-0.25, -0.2) is 9.78 Å². The van der Waals surface area contributed by atoms with Gasteiger partial charge < -0.3 is 10.1 Å². The van der Waals surface area contributed by atoms with E-state index in [2.05, 4.69) is 21.6 Å². The van der Waals surface area contributed by atoms with Gasteiger partial charge in [0.05, 0.1) is 18.5 Å². The molecule has 1 aromatic rings. The number of ether oxygens (including phenoxy) is 1. The number of esters is 1. The summed E-state index contributed by atoms with van der Waals surface area (Å²) in [5, 5.41) is 2.99. The molecule has 0 radical (unpaired) electrons. The fraction of sp³-hybridized carbons (Fsp3) is 0.273. The Morgan fingerprint density at radius 3 is 2.80 bits per heavy atom. The summed E-state index contributed by atoms with van der Waals surface area (Å²) in [7, 11) is 3.13. The number of pyridine rings is 1. The topological polar surface area (TPSA) is 51.2 Å². The zero-order chi connectivity index (χ0) is 11.4. The summed E-state index contributed by atoms with van der Waals surface area (Å²) in [5.41, 5.74) is 2.59. The van der Waals surface area contributed by atoms with Crippen molar-refractivity contribution in [3.8, 4) is 0 Å². The minimum atomic E-state index is -0.432. The average Bonchev–Trinajstić information content (AvgIpc) is 2.27. The fourth-order valence-corrected chi connectivity index (χ4v) is 1.29. The first-order valence-electron chi connectivity index (χ1n) is 4.54. The van der Waals surface area contributed by atoms with E-state index >= 15 is 0 Å². The van der Waals surface area contributed by atoms with Crippen molar-refractivity contribution in [2.75, 3.05) is 19.5 Å². The van der Waals surface area contributed by atoms with Crippen LogP contribution in [0.2, 0.25) is 0 Å². The summed E-state index contributed by atoms with van der Waals surface area (Å²) in [6.45, 7) is 5.45. The van der Waals surface area contributed by atoms with Crippen LogP contribution in [0.15, 0.2) is 12.6 Å². The van der Waals surface area contributed by atoms with Crippen LogP contribution in [0.1, 0.15) is 21.7 Å². The number of aryl methyl sites for hydroxylation is 1. The molecule has 0 saturated heterocycles. The Bertz CT molecular complexity index is 400. The van der Waals surface area contributed by atoms with E-state index in [1.54, 1.807) is 13.1 Å². The van der Waals surface area contributed by atoms with Crippen LogP contribution in [-0.4, -0.2) is 25.1 Å². The molecule has 0 aliphatic rings. The molecule has 0 bridgehead atoms. The predicted octanol–water partition coefficient (Wildman–Crippen LogP) is 1.86. The number of nitrogens with zero attached hydrogens (tertiary/aromatic N) is 1. The van der Waals surface area contributed by atoms with E-state index in [1.165, 1.54) is 7.11 Å². The minimum absolute atomic E-state index is 0.325. The van der Waals surface area contributed by atoms with Crippen LogP contribution in [0.3, 0.4) is 0 Å². The van der Waals surface area contributed by atoms with Crippen LogP contribution in [0.4, 0.5) is 5.69 Å². The van der Waals surface area contributed by atoms with Gasteiger partial charge in [0.1, 0.15) is 0 Å². The molecule has 0 saturated carbocycles. The summed E-state index contributed by atoms with van der Waals surface area (Å²) in [6.07, 6.45) is 1.59. The van der Waals surface area contributed by atoms with E-state index in [-0.39, 0.29) is 0 Å². The highest BCUT2D eigenvalue weighted by molar-refractivity contribution is 5.90. The standard InChI is InChI=1S/C11H14N2O2/c1-5-8-9(12-3)6-7(2)10(13-8)11(14)15-4/h5-6,12H,1H2,2-4H3. The SMILES string of the molecule is C=Cc1nc(C(=O)OC)c(C)cc1NC. The zero-order valence-electron chi connectivity index (χ0n) is 9.13. The second-order valence-corrected chi connectivity index (χ2v) is 3.03. The number of hydrogen-bond donors (Lipinski definition) is 1. The fourth-order valence-electron chi connectivity index (χ4n) is 1.29. The lowest BCUT2D eigenvalue weighted by Crippen LogP contribution is -2.09. The smallest absolute Gasteiger partial charge is 0.356 e. The van der Waals surface area contributed by atoms with Gasteiger partial charge in [-0.3, -0.25) is 0 Å². The van der Waals surface area contributed by atoms with E-state index < -0.39 is 5.97 Å². The van der Waals surface area contributed by atoms with Crippen LogP contribution < -0.4 is 5.32 Å². The van der Waals surface area contributed by atoms with Gasteiger partial charge in [-0.1, -0.05) is 6.58 Å². The Hall–Kier alpha value is -1.84. The Balaban J connectivity index is 3.31. The van der Waals surface area contributed by atoms with Crippen molar-refractivity contribution < 1.29 is 9.53 Å². The Morgan fingerprint density at radius 2 is 2.33 bits per heavy atom. The molecule has 4 heteroatoms. The lowest BCUT2D eigenvalue weighted by Gasteiger charge is -2.09. The van der Waals surface area contributed by atoms with Crippen LogP contribution in [0.5, 0.6) is 0 Å². The first-order chi connectivity index (χ1) is 7.13. The van der Waals surface area contributed by atoms with Crippen molar-refractivity contribution in [2.24, 2.45) is 0 Å². The van der Waals surface area contributed by atoms with E-state index in [4.69, 9.17) is 0 Å². The molecule has 15 heavy (non-hydrogen) atoms.